The number of anilines is 1. The largest absolute Gasteiger partial charge is 0.404 e. The normalized spacial score (nSPS) is 12.5. The zero-order valence-electron chi connectivity index (χ0n) is 11.9. The molecule has 3 rings (SSSR count). The fourth-order valence-corrected chi connectivity index (χ4v) is 3.77. The maximum atomic E-state index is 12.4. The second-order valence-electron chi connectivity index (χ2n) is 4.88. The van der Waals surface area contributed by atoms with Crippen molar-refractivity contribution in [3.63, 3.8) is 0 Å². The number of hydrogen-bond donors (Lipinski definition) is 1. The van der Waals surface area contributed by atoms with Crippen molar-refractivity contribution in [2.45, 2.75) is 6.18 Å². The molecule has 5 nitrogen and oxygen atoms in total. The summed E-state index contributed by atoms with van der Waals surface area (Å²) in [7, 11) is -4.62. The highest BCUT2D eigenvalue weighted by atomic mass is 32.2. The van der Waals surface area contributed by atoms with Gasteiger partial charge in [0.05, 0.1) is 5.39 Å². The zero-order chi connectivity index (χ0) is 17.4. The van der Waals surface area contributed by atoms with Crippen molar-refractivity contribution in [1.29, 1.82) is 0 Å². The van der Waals surface area contributed by atoms with Gasteiger partial charge in [-0.3, -0.25) is 4.72 Å². The first-order valence-electron chi connectivity index (χ1n) is 6.61. The van der Waals surface area contributed by atoms with E-state index in [0.29, 0.717) is 15.8 Å². The number of rotatable bonds is 4. The first kappa shape index (κ1) is 16.7. The quantitative estimate of drug-likeness (QED) is 0.758. The Morgan fingerprint density at radius 2 is 1.79 bits per heavy atom. The van der Waals surface area contributed by atoms with Gasteiger partial charge in [0.2, 0.25) is 10.0 Å². The zero-order valence-corrected chi connectivity index (χ0v) is 13.5. The van der Waals surface area contributed by atoms with Gasteiger partial charge in [-0.15, -0.1) is 11.3 Å². The van der Waals surface area contributed by atoms with Crippen molar-refractivity contribution in [3.8, 4) is 11.4 Å². The molecule has 0 fully saturated rings. The lowest BCUT2D eigenvalue weighted by molar-refractivity contribution is -0.106. The average molecular weight is 373 g/mol. The number of hydrogen-bond acceptors (Lipinski definition) is 5. The van der Waals surface area contributed by atoms with Crippen molar-refractivity contribution in [1.82, 2.24) is 9.97 Å². The van der Waals surface area contributed by atoms with Crippen LogP contribution in [0, 0.1) is 0 Å². The Hall–Kier alpha value is -2.20. The fraction of sp³-hybridized carbons (Fsp3) is 0.143. The van der Waals surface area contributed by atoms with Gasteiger partial charge in [0.1, 0.15) is 4.83 Å². The number of nitrogens with one attached hydrogen (secondary N) is 1. The predicted octanol–water partition coefficient (Wildman–Crippen LogP) is 3.66. The van der Waals surface area contributed by atoms with E-state index in [0.717, 1.165) is 0 Å². The van der Waals surface area contributed by atoms with Crippen molar-refractivity contribution in [3.05, 3.63) is 41.8 Å². The fourth-order valence-electron chi connectivity index (χ4n) is 2.05. The molecular formula is C14H10F3N3O2S2. The van der Waals surface area contributed by atoms with Gasteiger partial charge in [-0.05, 0) is 11.4 Å². The van der Waals surface area contributed by atoms with E-state index in [9.17, 15) is 21.6 Å². The molecule has 0 aliphatic heterocycles. The molecule has 126 valence electrons. The molecule has 24 heavy (non-hydrogen) atoms. The SMILES string of the molecule is O=S(=O)(CC(F)(F)F)Nc1nc(-c2ccccc2)nc2sccc12. The summed E-state index contributed by atoms with van der Waals surface area (Å²) in [6.45, 7) is 0. The first-order chi connectivity index (χ1) is 11.2. The third-order valence-corrected chi connectivity index (χ3v) is 4.98. The Morgan fingerprint density at radius 3 is 2.46 bits per heavy atom. The maximum absolute atomic E-state index is 12.4. The van der Waals surface area contributed by atoms with E-state index in [2.05, 4.69) is 9.97 Å². The summed E-state index contributed by atoms with van der Waals surface area (Å²) in [5, 5.41) is 2.01. The minimum absolute atomic E-state index is 0.163. The number of benzene rings is 1. The number of alkyl halides is 3. The van der Waals surface area contributed by atoms with Crippen LogP contribution in [0.3, 0.4) is 0 Å². The smallest absolute Gasteiger partial charge is 0.266 e. The summed E-state index contributed by atoms with van der Waals surface area (Å²) >= 11 is 1.24. The Morgan fingerprint density at radius 1 is 1.08 bits per heavy atom. The van der Waals surface area contributed by atoms with Crippen molar-refractivity contribution in [2.75, 3.05) is 10.5 Å². The third-order valence-electron chi connectivity index (χ3n) is 2.96. The Kier molecular flexibility index (Phi) is 4.18. The van der Waals surface area contributed by atoms with E-state index in [1.807, 2.05) is 4.72 Å². The Bertz CT molecular complexity index is 970. The molecule has 0 unspecified atom stereocenters. The van der Waals surface area contributed by atoms with Crippen LogP contribution in [0.25, 0.3) is 21.6 Å². The van der Waals surface area contributed by atoms with Crippen LogP contribution in [0.2, 0.25) is 0 Å². The van der Waals surface area contributed by atoms with Crippen molar-refractivity contribution < 1.29 is 21.6 Å². The number of fused-ring (bicyclic) bond motifs is 1. The molecular weight excluding hydrogens is 363 g/mol. The van der Waals surface area contributed by atoms with Crippen LogP contribution in [-0.4, -0.2) is 30.3 Å². The van der Waals surface area contributed by atoms with E-state index in [4.69, 9.17) is 0 Å². The minimum atomic E-state index is -4.84. The molecule has 2 heterocycles. The molecule has 1 N–H and O–H groups in total. The topological polar surface area (TPSA) is 72.0 Å². The van der Waals surface area contributed by atoms with E-state index in [-0.39, 0.29) is 11.6 Å². The number of sulfonamides is 1. The third kappa shape index (κ3) is 3.82. The lowest BCUT2D eigenvalue weighted by atomic mass is 10.2. The van der Waals surface area contributed by atoms with Crippen LogP contribution in [0.1, 0.15) is 0 Å². The summed E-state index contributed by atoms with van der Waals surface area (Å²) in [4.78, 5) is 8.90. The van der Waals surface area contributed by atoms with E-state index >= 15 is 0 Å². The van der Waals surface area contributed by atoms with Crippen LogP contribution in [0.5, 0.6) is 0 Å². The summed E-state index contributed by atoms with van der Waals surface area (Å²) in [6.07, 6.45) is -4.84. The average Bonchev–Trinajstić information content (AvgIpc) is 2.94. The summed E-state index contributed by atoms with van der Waals surface area (Å²) < 4.78 is 62.6. The standard InChI is InChI=1S/C14H10F3N3O2S2/c15-14(16,17)8-24(21,22)20-12-10-6-7-23-13(10)19-11(18-12)9-4-2-1-3-5-9/h1-7H,8H2,(H,18,19,20). The second kappa shape index (κ2) is 6.02. The Labute approximate surface area is 139 Å². The summed E-state index contributed by atoms with van der Waals surface area (Å²) in [5.41, 5.74) is 0.629. The molecule has 3 aromatic rings. The van der Waals surface area contributed by atoms with Crippen LogP contribution in [0.15, 0.2) is 41.8 Å². The van der Waals surface area contributed by atoms with Crippen molar-refractivity contribution in [2.24, 2.45) is 0 Å². The number of thiophene rings is 1. The summed E-state index contributed by atoms with van der Waals surface area (Å²) in [6, 6.07) is 10.3. The van der Waals surface area contributed by atoms with Gasteiger partial charge >= 0.3 is 6.18 Å². The molecule has 10 heteroatoms. The van der Waals surface area contributed by atoms with Crippen LogP contribution in [-0.2, 0) is 10.0 Å². The van der Waals surface area contributed by atoms with Crippen molar-refractivity contribution >= 4 is 37.4 Å². The molecule has 0 amide bonds. The molecule has 0 saturated heterocycles. The molecule has 0 spiro atoms. The van der Waals surface area contributed by atoms with Gasteiger partial charge in [-0.25, -0.2) is 18.4 Å². The molecule has 0 atom stereocenters. The Balaban J connectivity index is 2.06. The van der Waals surface area contributed by atoms with Crippen LogP contribution in [0.4, 0.5) is 19.0 Å². The lowest BCUT2D eigenvalue weighted by Crippen LogP contribution is -2.28. The van der Waals surface area contributed by atoms with Crippen LogP contribution < -0.4 is 4.72 Å². The van der Waals surface area contributed by atoms with Crippen LogP contribution >= 0.6 is 11.3 Å². The first-order valence-corrected chi connectivity index (χ1v) is 9.15. The molecule has 0 radical (unpaired) electrons. The van der Waals surface area contributed by atoms with Gasteiger partial charge in [0.15, 0.2) is 17.4 Å². The highest BCUT2D eigenvalue weighted by molar-refractivity contribution is 7.92. The monoisotopic (exact) mass is 373 g/mol. The molecule has 0 saturated carbocycles. The van der Waals surface area contributed by atoms with E-state index in [1.165, 1.54) is 11.3 Å². The van der Waals surface area contributed by atoms with Gasteiger partial charge in [-0.1, -0.05) is 30.3 Å². The van der Waals surface area contributed by atoms with Gasteiger partial charge in [-0.2, -0.15) is 13.2 Å². The maximum Gasteiger partial charge on any atom is 0.404 e. The molecule has 2 aromatic heterocycles. The number of aromatic nitrogens is 2. The van der Waals surface area contributed by atoms with Gasteiger partial charge in [0.25, 0.3) is 0 Å². The highest BCUT2D eigenvalue weighted by Gasteiger charge is 2.35. The minimum Gasteiger partial charge on any atom is -0.266 e. The van der Waals surface area contributed by atoms with Gasteiger partial charge < -0.3 is 0 Å². The van der Waals surface area contributed by atoms with Gasteiger partial charge in [0, 0.05) is 5.56 Å². The highest BCUT2D eigenvalue weighted by Crippen LogP contribution is 2.29. The molecule has 0 aliphatic rings. The predicted molar refractivity (Wildman–Crippen MR) is 86.3 cm³/mol. The van der Waals surface area contributed by atoms with E-state index in [1.54, 1.807) is 41.8 Å². The molecule has 0 aliphatic carbocycles. The number of halogens is 3. The second-order valence-corrected chi connectivity index (χ2v) is 7.49. The van der Waals surface area contributed by atoms with E-state index < -0.39 is 22.0 Å². The summed E-state index contributed by atoms with van der Waals surface area (Å²) in [5.74, 6) is -1.91. The molecule has 1 aromatic carbocycles. The lowest BCUT2D eigenvalue weighted by Gasteiger charge is -2.11. The number of nitrogens with zero attached hydrogens (tertiary/aromatic N) is 2. The molecule has 0 bridgehead atoms.